The molecule has 33 heavy (non-hydrogen) atoms. The van der Waals surface area contributed by atoms with E-state index in [1.807, 2.05) is 0 Å². The molecule has 6 rings (SSSR count). The van der Waals surface area contributed by atoms with Crippen LogP contribution in [0.2, 0.25) is 5.28 Å². The Kier molecular flexibility index (Phi) is 6.36. The minimum absolute atomic E-state index is 0.00857. The van der Waals surface area contributed by atoms with Crippen LogP contribution in [0.4, 0.5) is 5.82 Å². The third-order valence-corrected chi connectivity index (χ3v) is 7.59. The van der Waals surface area contributed by atoms with E-state index in [2.05, 4.69) is 30.1 Å². The molecule has 4 aliphatic heterocycles. The van der Waals surface area contributed by atoms with Crippen LogP contribution in [-0.4, -0.2) is 113 Å². The van der Waals surface area contributed by atoms with Gasteiger partial charge in [0, 0.05) is 38.9 Å². The smallest absolute Gasteiger partial charge is 0.325 e. The number of hydrogen-bond acceptors (Lipinski definition) is 10. The molecule has 2 bridgehead atoms. The Bertz CT molecular complexity index is 1060. The van der Waals surface area contributed by atoms with E-state index in [1.54, 1.807) is 0 Å². The zero-order chi connectivity index (χ0) is 23.3. The number of nitrogens with one attached hydrogen (secondary N) is 1. The van der Waals surface area contributed by atoms with E-state index in [-0.39, 0.29) is 30.5 Å². The normalized spacial score (nSPS) is 34.3. The van der Waals surface area contributed by atoms with Crippen molar-refractivity contribution in [1.82, 2.24) is 29.3 Å². The topological polar surface area (TPSA) is 169 Å². The molecular formula is C18H27ClN7O6P. The lowest BCUT2D eigenvalue weighted by molar-refractivity contribution is -0.0370. The first-order chi connectivity index (χ1) is 15.7. The fourth-order valence-corrected chi connectivity index (χ4v) is 5.54. The fraction of sp³-hybridized carbons (Fsp3) is 0.722. The highest BCUT2D eigenvalue weighted by molar-refractivity contribution is 7.51. The van der Waals surface area contributed by atoms with Crippen molar-refractivity contribution in [2.45, 2.75) is 43.5 Å². The molecule has 15 heteroatoms. The molecule has 5 N–H and O–H groups in total. The van der Waals surface area contributed by atoms with Crippen molar-refractivity contribution in [2.75, 3.05) is 44.2 Å². The number of aliphatic hydroxyl groups is 2. The summed E-state index contributed by atoms with van der Waals surface area (Å²) in [6, 6.07) is 0. The Morgan fingerprint density at radius 3 is 2.61 bits per heavy atom. The standard InChI is InChI=1S/C18H27ClN7O6P/c19-18-22-15(21-11-8-24-3-5-25(11)6-4-24)12-16(23-18)26(9-20-12)17-14(28)13(27)10(32-17)2-1-7-33(29,30)31/h9-11,13-14,17,27-28H,1-8H2,(H,21,22,23)(H2,29,30,31)/t10-,11?,13?,14?,17-/m1/s1. The molecule has 0 amide bonds. The molecule has 13 nitrogen and oxygen atoms in total. The molecule has 0 saturated carbocycles. The van der Waals surface area contributed by atoms with Gasteiger partial charge in [0.1, 0.15) is 12.2 Å². The van der Waals surface area contributed by atoms with Crippen LogP contribution < -0.4 is 5.32 Å². The molecule has 0 radical (unpaired) electrons. The van der Waals surface area contributed by atoms with Gasteiger partial charge in [0.15, 0.2) is 23.2 Å². The predicted molar refractivity (Wildman–Crippen MR) is 118 cm³/mol. The molecule has 4 fully saturated rings. The lowest BCUT2D eigenvalue weighted by Crippen LogP contribution is -2.63. The summed E-state index contributed by atoms with van der Waals surface area (Å²) in [7, 11) is -4.14. The molecular weight excluding hydrogens is 477 g/mol. The number of aliphatic hydroxyl groups excluding tert-OH is 2. The highest BCUT2D eigenvalue weighted by atomic mass is 35.5. The number of piperazine rings is 3. The van der Waals surface area contributed by atoms with E-state index in [0.29, 0.717) is 17.0 Å². The maximum Gasteiger partial charge on any atom is 0.325 e. The Morgan fingerprint density at radius 2 is 1.94 bits per heavy atom. The van der Waals surface area contributed by atoms with Crippen LogP contribution in [0.5, 0.6) is 0 Å². The quantitative estimate of drug-likeness (QED) is 0.241. The van der Waals surface area contributed by atoms with Crippen LogP contribution in [0.15, 0.2) is 6.33 Å². The van der Waals surface area contributed by atoms with E-state index in [0.717, 1.165) is 32.7 Å². The first-order valence-electron chi connectivity index (χ1n) is 10.9. The van der Waals surface area contributed by atoms with Crippen LogP contribution in [-0.2, 0) is 9.30 Å². The number of imidazole rings is 1. The summed E-state index contributed by atoms with van der Waals surface area (Å²) in [5.74, 6) is 0.480. The highest BCUT2D eigenvalue weighted by Crippen LogP contribution is 2.38. The van der Waals surface area contributed by atoms with Crippen LogP contribution in [0, 0.1) is 0 Å². The second kappa shape index (κ2) is 8.99. The third-order valence-electron chi connectivity index (χ3n) is 6.53. The molecule has 5 atom stereocenters. The largest absolute Gasteiger partial charge is 0.388 e. The fourth-order valence-electron chi connectivity index (χ4n) is 4.79. The van der Waals surface area contributed by atoms with Crippen LogP contribution in [0.3, 0.4) is 0 Å². The third kappa shape index (κ3) is 4.75. The number of fused-ring (bicyclic) bond motifs is 4. The summed E-state index contributed by atoms with van der Waals surface area (Å²) < 4.78 is 18.4. The lowest BCUT2D eigenvalue weighted by atomic mass is 10.1. The number of hydrogen-bond donors (Lipinski definition) is 5. The van der Waals surface area contributed by atoms with Gasteiger partial charge in [-0.15, -0.1) is 0 Å². The van der Waals surface area contributed by atoms with Gasteiger partial charge in [-0.25, -0.2) is 4.98 Å². The van der Waals surface area contributed by atoms with Crippen LogP contribution >= 0.6 is 19.2 Å². The Balaban J connectivity index is 1.36. The molecule has 182 valence electrons. The van der Waals surface area contributed by atoms with Gasteiger partial charge in [0.05, 0.1) is 18.6 Å². The molecule has 4 aliphatic rings. The minimum Gasteiger partial charge on any atom is -0.388 e. The molecule has 4 saturated heterocycles. The second-order valence-corrected chi connectivity index (χ2v) is 10.9. The van der Waals surface area contributed by atoms with Crippen molar-refractivity contribution in [3.05, 3.63) is 11.6 Å². The molecule has 0 spiro atoms. The van der Waals surface area contributed by atoms with Crippen molar-refractivity contribution < 1.29 is 29.3 Å². The van der Waals surface area contributed by atoms with Gasteiger partial charge in [-0.05, 0) is 24.4 Å². The number of anilines is 1. The summed E-state index contributed by atoms with van der Waals surface area (Å²) in [6.07, 6.45) is -2.73. The number of aromatic nitrogens is 4. The summed E-state index contributed by atoms with van der Waals surface area (Å²) in [5, 5.41) is 24.5. The maximum atomic E-state index is 11.1. The molecule has 0 aliphatic carbocycles. The lowest BCUT2D eigenvalue weighted by Gasteiger charge is -2.47. The van der Waals surface area contributed by atoms with Gasteiger partial charge in [-0.3, -0.25) is 18.9 Å². The van der Waals surface area contributed by atoms with Gasteiger partial charge in [-0.1, -0.05) is 0 Å². The van der Waals surface area contributed by atoms with E-state index in [4.69, 9.17) is 26.1 Å². The second-order valence-electron chi connectivity index (χ2n) is 8.74. The monoisotopic (exact) mass is 503 g/mol. The van der Waals surface area contributed by atoms with Crippen LogP contribution in [0.25, 0.3) is 11.2 Å². The number of nitrogens with zero attached hydrogens (tertiary/aromatic N) is 6. The van der Waals surface area contributed by atoms with E-state index < -0.39 is 32.1 Å². The zero-order valence-electron chi connectivity index (χ0n) is 17.7. The highest BCUT2D eigenvalue weighted by Gasteiger charge is 2.44. The zero-order valence-corrected chi connectivity index (χ0v) is 19.4. The Morgan fingerprint density at radius 1 is 1.18 bits per heavy atom. The van der Waals surface area contributed by atoms with Crippen molar-refractivity contribution >= 4 is 36.2 Å². The molecule has 3 unspecified atom stereocenters. The van der Waals surface area contributed by atoms with Crippen LogP contribution in [0.1, 0.15) is 19.1 Å². The van der Waals surface area contributed by atoms with Crippen molar-refractivity contribution in [3.63, 3.8) is 0 Å². The van der Waals surface area contributed by atoms with Gasteiger partial charge in [0.25, 0.3) is 0 Å². The molecule has 2 aromatic heterocycles. The van der Waals surface area contributed by atoms with E-state index >= 15 is 0 Å². The first kappa shape index (κ1) is 23.3. The van der Waals surface area contributed by atoms with Gasteiger partial charge in [-0.2, -0.15) is 9.97 Å². The summed E-state index contributed by atoms with van der Waals surface area (Å²) in [6.45, 7) is 4.88. The predicted octanol–water partition coefficient (Wildman–Crippen LogP) is -0.574. The number of halogens is 1. The summed E-state index contributed by atoms with van der Waals surface area (Å²) in [4.78, 5) is 35.8. The average Bonchev–Trinajstić information content (AvgIpc) is 3.30. The van der Waals surface area contributed by atoms with Crippen molar-refractivity contribution in [1.29, 1.82) is 0 Å². The van der Waals surface area contributed by atoms with Crippen molar-refractivity contribution in [2.24, 2.45) is 0 Å². The molecule has 0 aromatic carbocycles. The molecule has 2 aromatic rings. The van der Waals surface area contributed by atoms with E-state index in [1.165, 1.54) is 10.9 Å². The Hall–Kier alpha value is -1.41. The van der Waals surface area contributed by atoms with Gasteiger partial charge >= 0.3 is 7.60 Å². The SMILES string of the molecule is O=P(O)(O)CCC[C@H]1O[C@@H](n2cnc3c(NC4CN5CCN4CC5)nc(Cl)nc32)C(O)C1O. The van der Waals surface area contributed by atoms with Gasteiger partial charge < -0.3 is 30.1 Å². The molecule has 6 heterocycles. The van der Waals surface area contributed by atoms with E-state index in [9.17, 15) is 14.8 Å². The van der Waals surface area contributed by atoms with Crippen molar-refractivity contribution in [3.8, 4) is 0 Å². The summed E-state index contributed by atoms with van der Waals surface area (Å²) in [5.41, 5.74) is 0.813. The minimum atomic E-state index is -4.14. The average molecular weight is 504 g/mol. The summed E-state index contributed by atoms with van der Waals surface area (Å²) >= 11 is 6.21. The maximum absolute atomic E-state index is 11.1. The number of rotatable bonds is 7. The number of ether oxygens (including phenoxy) is 1. The Labute approximate surface area is 194 Å². The first-order valence-corrected chi connectivity index (χ1v) is 13.1. The van der Waals surface area contributed by atoms with Gasteiger partial charge in [0.2, 0.25) is 5.28 Å².